The fourth-order valence-corrected chi connectivity index (χ4v) is 16.6. The van der Waals surface area contributed by atoms with Gasteiger partial charge in [0.1, 0.15) is 17.7 Å². The molecule has 26 heteroatoms. The lowest BCUT2D eigenvalue weighted by molar-refractivity contribution is 0.114. The largest absolute Gasteiger partial charge is 0.474 e. The van der Waals surface area contributed by atoms with E-state index < -0.39 is 9.52 Å². The van der Waals surface area contributed by atoms with Crippen molar-refractivity contribution in [2.24, 2.45) is 5.92 Å². The maximum atomic E-state index is 12.3. The normalized spacial score (nSPS) is 22.5. The summed E-state index contributed by atoms with van der Waals surface area (Å²) in [5.41, 5.74) is 13.1. The zero-order valence-electron chi connectivity index (χ0n) is 61.0. The highest BCUT2D eigenvalue weighted by atomic mass is 32.2. The molecule has 6 fully saturated rings. The molecule has 11 heterocycles. The molecule has 5 N–H and O–H groups in total. The van der Waals surface area contributed by atoms with Crippen LogP contribution >= 0.6 is 0 Å². The number of rotatable bonds is 22. The molecule has 9 aromatic rings. The molecule has 0 amide bonds. The van der Waals surface area contributed by atoms with Crippen LogP contribution in [0.4, 0.5) is 29.5 Å². The number of pyridine rings is 3. The summed E-state index contributed by atoms with van der Waals surface area (Å²) >= 11 is 0. The lowest BCUT2D eigenvalue weighted by Crippen LogP contribution is -2.40. The number of ether oxygens (including phenoxy) is 5. The molecule has 0 bridgehead atoms. The van der Waals surface area contributed by atoms with Crippen molar-refractivity contribution in [3.63, 3.8) is 0 Å². The summed E-state index contributed by atoms with van der Waals surface area (Å²) in [4.78, 5) is 32.0. The summed E-state index contributed by atoms with van der Waals surface area (Å²) in [5.74, 6) is 11.4. The standard InChI is InChI=1S/C26H36N6O3S.C26H36N6O2.C25H33N5O3/c1-18(17-35-2)29-26-28-16-24-22(15-23(32(24)30-26)19-4-6-21(33)7-5-19)20-8-9-27-25(14-20)31-10-12-36(3,34)13-11-31;1-18-4-6-20(7-5-18)23-15-22(21-8-9-27-25(14-21)31-10-12-34-13-11-31)24-16-28-26(30-32(23)24)29-19(2)17-33-3;1-16(15-32-2)28-25-27-14-23-21(18-10-11-26-24(12-18)33-20-4-3-5-20)13-22(30(23)29-25)17-6-8-19(31)9-7-17/h8-9,14-16,18-19,21,33H,3-7,10-13,17H2,1-2H3,(H,29,30);8-9,14-16,18-20H,4-7,10-13,17H2,1-3H3,(H,29,30);10-14,16-17,19-20,31H,3-9,15H2,1-2H3,(H,28,29)/t18-,19?,21?;18?,19-,20?;16-,17?,19?/m000/s1. The highest BCUT2D eigenvalue weighted by molar-refractivity contribution is 8.00. The third-order valence-electron chi connectivity index (χ3n) is 21.3. The van der Waals surface area contributed by atoms with E-state index in [1.165, 1.54) is 43.4 Å². The van der Waals surface area contributed by atoms with E-state index in [0.717, 1.165) is 164 Å². The number of morpholine rings is 1. The molecule has 6 aliphatic rings. The highest BCUT2D eigenvalue weighted by Crippen LogP contribution is 2.43. The van der Waals surface area contributed by atoms with Crippen molar-refractivity contribution in [2.75, 3.05) is 118 Å². The number of aliphatic hydroxyl groups is 2. The van der Waals surface area contributed by atoms with Crippen LogP contribution in [0.5, 0.6) is 5.88 Å². The fourth-order valence-electron chi connectivity index (χ4n) is 15.3. The summed E-state index contributed by atoms with van der Waals surface area (Å²) in [6.45, 7) is 14.9. The van der Waals surface area contributed by atoms with Crippen LogP contribution in [-0.2, 0) is 28.5 Å². The van der Waals surface area contributed by atoms with Gasteiger partial charge in [0.2, 0.25) is 23.7 Å². The average molecular weight is 1430 g/mol. The van der Waals surface area contributed by atoms with Crippen LogP contribution < -0.4 is 30.5 Å². The van der Waals surface area contributed by atoms with E-state index in [-0.39, 0.29) is 36.4 Å². The van der Waals surface area contributed by atoms with E-state index in [4.69, 9.17) is 39.0 Å². The number of hydrogen-bond acceptors (Lipinski definition) is 22. The molecule has 3 atom stereocenters. The van der Waals surface area contributed by atoms with Crippen LogP contribution in [0.25, 0.3) is 49.9 Å². The Bertz CT molecular complexity index is 4370. The van der Waals surface area contributed by atoms with Crippen molar-refractivity contribution in [3.8, 4) is 39.3 Å². The SMILES string of the molecule is C=S1(=O)CCN(c2cc(-c3cc(C4CCC(O)CC4)n4nc(N[C@@H](C)COC)ncc34)ccn2)CC1.COC[C@H](C)Nc1ncc2c(-c3ccnc(N4CCOCC4)c3)cc(C3CCC(C)CC3)n2n1.COC[C@H](C)Nc1ncc2c(-c3ccnc(OC4CCC4)c3)cc(C3CCC(O)CC3)n2n1. The Balaban J connectivity index is 0.000000138. The molecule has 552 valence electrons. The smallest absolute Gasteiger partial charge is 0.241 e. The number of nitrogens with zero attached hydrogens (tertiary/aromatic N) is 14. The lowest BCUT2D eigenvalue weighted by Gasteiger charge is -2.30. The van der Waals surface area contributed by atoms with Gasteiger partial charge in [0.25, 0.3) is 0 Å². The average Bonchev–Trinajstić information content (AvgIpc) is 1.63. The highest BCUT2D eigenvalue weighted by Gasteiger charge is 2.31. The number of anilines is 5. The zero-order valence-corrected chi connectivity index (χ0v) is 61.9. The minimum Gasteiger partial charge on any atom is -0.474 e. The summed E-state index contributed by atoms with van der Waals surface area (Å²) in [6, 6.07) is 19.6. The summed E-state index contributed by atoms with van der Waals surface area (Å²) in [5, 5.41) is 44.8. The van der Waals surface area contributed by atoms with Gasteiger partial charge in [0, 0.05) is 153 Å². The van der Waals surface area contributed by atoms with Crippen LogP contribution in [0, 0.1) is 5.92 Å². The molecule has 15 rings (SSSR count). The molecule has 0 aromatic carbocycles. The van der Waals surface area contributed by atoms with Gasteiger partial charge in [0.05, 0.1) is 80.4 Å². The van der Waals surface area contributed by atoms with Crippen LogP contribution in [-0.4, -0.2) is 208 Å². The molecular formula is C77H105N17O8S. The van der Waals surface area contributed by atoms with E-state index >= 15 is 0 Å². The molecule has 0 radical (unpaired) electrons. The predicted octanol–water partition coefficient (Wildman–Crippen LogP) is 11.3. The number of methoxy groups -OCH3 is 3. The Kier molecular flexibility index (Phi) is 24.0. The second kappa shape index (κ2) is 33.8. The third kappa shape index (κ3) is 18.0. The molecule has 0 unspecified atom stereocenters. The first-order valence-electron chi connectivity index (χ1n) is 37.3. The molecule has 4 aliphatic carbocycles. The Hall–Kier alpha value is -8.11. The van der Waals surface area contributed by atoms with Crippen LogP contribution in [0.15, 0.2) is 91.8 Å². The van der Waals surface area contributed by atoms with Gasteiger partial charge in [-0.05, 0) is 191 Å². The number of aromatic nitrogens is 12. The maximum Gasteiger partial charge on any atom is 0.241 e. The molecular weight excluding hydrogens is 1320 g/mol. The number of fused-ring (bicyclic) bond motifs is 3. The second-order valence-corrected chi connectivity index (χ2v) is 32.1. The first kappa shape index (κ1) is 73.2. The molecule has 2 aliphatic heterocycles. The summed E-state index contributed by atoms with van der Waals surface area (Å²) in [6.07, 6.45) is 26.5. The Morgan fingerprint density at radius 2 is 0.893 bits per heavy atom. The van der Waals surface area contributed by atoms with Gasteiger partial charge in [-0.15, -0.1) is 15.3 Å². The quantitative estimate of drug-likeness (QED) is 0.0394. The van der Waals surface area contributed by atoms with Crippen molar-refractivity contribution < 1.29 is 38.1 Å². The van der Waals surface area contributed by atoms with Crippen molar-refractivity contribution in [3.05, 3.63) is 109 Å². The first-order valence-corrected chi connectivity index (χ1v) is 39.4. The fraction of sp³-hybridized carbons (Fsp3) is 0.558. The van der Waals surface area contributed by atoms with E-state index in [0.29, 0.717) is 85.9 Å². The minimum absolute atomic E-state index is 0.0797. The molecule has 4 saturated carbocycles. The summed E-state index contributed by atoms with van der Waals surface area (Å²) < 4.78 is 45.8. The molecule has 25 nitrogen and oxygen atoms in total. The minimum atomic E-state index is -1.97. The van der Waals surface area contributed by atoms with Crippen molar-refractivity contribution >= 4 is 61.4 Å². The monoisotopic (exact) mass is 1430 g/mol. The third-order valence-corrected chi connectivity index (χ3v) is 23.2. The van der Waals surface area contributed by atoms with Gasteiger partial charge in [-0.3, -0.25) is 4.21 Å². The molecule has 0 spiro atoms. The summed E-state index contributed by atoms with van der Waals surface area (Å²) in [7, 11) is 3.11. The van der Waals surface area contributed by atoms with Crippen molar-refractivity contribution in [1.29, 1.82) is 0 Å². The zero-order chi connectivity index (χ0) is 71.6. The van der Waals surface area contributed by atoms with Crippen LogP contribution in [0.3, 0.4) is 0 Å². The van der Waals surface area contributed by atoms with E-state index in [1.54, 1.807) is 21.3 Å². The van der Waals surface area contributed by atoms with Gasteiger partial charge < -0.3 is 59.6 Å². The topological polar surface area (TPSA) is 275 Å². The Labute approximate surface area is 605 Å². The molecule has 2 saturated heterocycles. The Morgan fingerprint density at radius 1 is 0.515 bits per heavy atom. The second-order valence-electron chi connectivity index (χ2n) is 29.4. The molecule has 9 aromatic heterocycles. The number of hydrogen-bond donors (Lipinski definition) is 5. The van der Waals surface area contributed by atoms with E-state index in [1.807, 2.05) is 78.3 Å². The van der Waals surface area contributed by atoms with Gasteiger partial charge in [0.15, 0.2) is 0 Å². The van der Waals surface area contributed by atoms with Gasteiger partial charge >= 0.3 is 0 Å². The maximum absolute atomic E-state index is 12.3. The van der Waals surface area contributed by atoms with Gasteiger partial charge in [-0.2, -0.15) is 0 Å². The Morgan fingerprint density at radius 3 is 1.28 bits per heavy atom. The van der Waals surface area contributed by atoms with Gasteiger partial charge in [-0.1, -0.05) is 19.8 Å². The molecule has 103 heavy (non-hydrogen) atoms. The van der Waals surface area contributed by atoms with Crippen LogP contribution in [0.2, 0.25) is 0 Å². The van der Waals surface area contributed by atoms with Gasteiger partial charge in [-0.25, -0.2) is 43.5 Å². The van der Waals surface area contributed by atoms with Crippen molar-refractivity contribution in [2.45, 2.75) is 178 Å². The van der Waals surface area contributed by atoms with E-state index in [9.17, 15) is 14.4 Å². The number of aliphatic hydroxyl groups excluding tert-OH is 2. The number of nitrogens with one attached hydrogen (secondary N) is 3. The van der Waals surface area contributed by atoms with Crippen molar-refractivity contribution in [1.82, 2.24) is 58.7 Å². The lowest BCUT2D eigenvalue weighted by atomic mass is 9.81. The first-order chi connectivity index (χ1) is 50.0. The van der Waals surface area contributed by atoms with E-state index in [2.05, 4.69) is 116 Å². The predicted molar refractivity (Wildman–Crippen MR) is 407 cm³/mol. The van der Waals surface area contributed by atoms with Crippen LogP contribution in [0.1, 0.15) is 159 Å².